The molecule has 1 N–H and O–H groups in total. The second kappa shape index (κ2) is 5.08. The van der Waals surface area contributed by atoms with Gasteiger partial charge in [-0.15, -0.1) is 0 Å². The van der Waals surface area contributed by atoms with Crippen LogP contribution in [0.5, 0.6) is 0 Å². The molecule has 0 radical (unpaired) electrons. The first-order valence-electron chi connectivity index (χ1n) is 4.87. The van der Waals surface area contributed by atoms with E-state index < -0.39 is 5.60 Å². The van der Waals surface area contributed by atoms with Gasteiger partial charge in [-0.05, 0) is 19.4 Å². The molecule has 0 amide bonds. The Hall–Kier alpha value is -0.930. The molecular weight excluding hydrogens is 178 g/mol. The SMILES string of the molecule is CCCOCC(C)(O)c1cccnc1. The number of aliphatic hydroxyl groups is 1. The van der Waals surface area contributed by atoms with Crippen LogP contribution >= 0.6 is 0 Å². The van der Waals surface area contributed by atoms with E-state index in [1.807, 2.05) is 19.1 Å². The second-order valence-corrected chi connectivity index (χ2v) is 3.57. The van der Waals surface area contributed by atoms with Crippen LogP contribution in [-0.2, 0) is 10.3 Å². The van der Waals surface area contributed by atoms with E-state index in [4.69, 9.17) is 4.74 Å². The van der Waals surface area contributed by atoms with Crippen molar-refractivity contribution in [3.8, 4) is 0 Å². The maximum absolute atomic E-state index is 10.0. The number of hydrogen-bond acceptors (Lipinski definition) is 3. The lowest BCUT2D eigenvalue weighted by molar-refractivity contribution is -0.0377. The van der Waals surface area contributed by atoms with Gasteiger partial charge in [0, 0.05) is 24.6 Å². The van der Waals surface area contributed by atoms with Crippen molar-refractivity contribution in [3.05, 3.63) is 30.1 Å². The third-order valence-corrected chi connectivity index (χ3v) is 2.02. The fraction of sp³-hybridized carbons (Fsp3) is 0.545. The Bertz CT molecular complexity index is 259. The highest BCUT2D eigenvalue weighted by atomic mass is 16.5. The quantitative estimate of drug-likeness (QED) is 0.727. The van der Waals surface area contributed by atoms with Crippen molar-refractivity contribution in [2.75, 3.05) is 13.2 Å². The number of ether oxygens (including phenoxy) is 1. The van der Waals surface area contributed by atoms with Crippen LogP contribution in [0.2, 0.25) is 0 Å². The maximum atomic E-state index is 10.0. The number of rotatable bonds is 5. The average molecular weight is 195 g/mol. The number of hydrogen-bond donors (Lipinski definition) is 1. The summed E-state index contributed by atoms with van der Waals surface area (Å²) >= 11 is 0. The summed E-state index contributed by atoms with van der Waals surface area (Å²) in [5, 5.41) is 10.0. The molecule has 0 bridgehead atoms. The summed E-state index contributed by atoms with van der Waals surface area (Å²) in [7, 11) is 0. The van der Waals surface area contributed by atoms with Crippen molar-refractivity contribution in [2.45, 2.75) is 25.9 Å². The molecule has 3 nitrogen and oxygen atoms in total. The van der Waals surface area contributed by atoms with E-state index >= 15 is 0 Å². The smallest absolute Gasteiger partial charge is 0.112 e. The van der Waals surface area contributed by atoms with Gasteiger partial charge in [0.05, 0.1) is 6.61 Å². The van der Waals surface area contributed by atoms with Gasteiger partial charge in [-0.3, -0.25) is 4.98 Å². The average Bonchev–Trinajstić information content (AvgIpc) is 2.19. The number of pyridine rings is 1. The van der Waals surface area contributed by atoms with E-state index in [1.54, 1.807) is 19.3 Å². The Morgan fingerprint density at radius 3 is 2.93 bits per heavy atom. The van der Waals surface area contributed by atoms with Crippen molar-refractivity contribution >= 4 is 0 Å². The van der Waals surface area contributed by atoms with E-state index in [-0.39, 0.29) is 0 Å². The normalized spacial score (nSPS) is 15.1. The molecule has 1 rings (SSSR count). The molecule has 3 heteroatoms. The van der Waals surface area contributed by atoms with Crippen LogP contribution in [-0.4, -0.2) is 23.3 Å². The molecule has 0 saturated carbocycles. The predicted octanol–water partition coefficient (Wildman–Crippen LogP) is 1.72. The zero-order chi connectivity index (χ0) is 10.4. The lowest BCUT2D eigenvalue weighted by atomic mass is 9.99. The highest BCUT2D eigenvalue weighted by Crippen LogP contribution is 2.19. The topological polar surface area (TPSA) is 42.4 Å². The molecule has 14 heavy (non-hydrogen) atoms. The minimum Gasteiger partial charge on any atom is -0.383 e. The van der Waals surface area contributed by atoms with E-state index in [2.05, 4.69) is 4.98 Å². The molecule has 0 spiro atoms. The van der Waals surface area contributed by atoms with Crippen LogP contribution < -0.4 is 0 Å². The first kappa shape index (κ1) is 11.1. The van der Waals surface area contributed by atoms with Gasteiger partial charge in [0.25, 0.3) is 0 Å². The van der Waals surface area contributed by atoms with Gasteiger partial charge in [-0.1, -0.05) is 13.0 Å². The molecule has 0 aliphatic heterocycles. The van der Waals surface area contributed by atoms with Gasteiger partial charge in [-0.25, -0.2) is 0 Å². The fourth-order valence-electron chi connectivity index (χ4n) is 1.18. The summed E-state index contributed by atoms with van der Waals surface area (Å²) in [5.74, 6) is 0. The molecule has 0 aliphatic carbocycles. The Labute approximate surface area is 84.7 Å². The second-order valence-electron chi connectivity index (χ2n) is 3.57. The van der Waals surface area contributed by atoms with Gasteiger partial charge in [0.15, 0.2) is 0 Å². The molecule has 78 valence electrons. The highest BCUT2D eigenvalue weighted by Gasteiger charge is 2.23. The fourth-order valence-corrected chi connectivity index (χ4v) is 1.18. The van der Waals surface area contributed by atoms with Crippen LogP contribution in [0.4, 0.5) is 0 Å². The van der Waals surface area contributed by atoms with Gasteiger partial charge in [-0.2, -0.15) is 0 Å². The Morgan fingerprint density at radius 1 is 1.57 bits per heavy atom. The molecule has 1 unspecified atom stereocenters. The summed E-state index contributed by atoms with van der Waals surface area (Å²) in [6.45, 7) is 4.77. The van der Waals surface area contributed by atoms with Crippen molar-refractivity contribution in [1.82, 2.24) is 4.98 Å². The van der Waals surface area contributed by atoms with Gasteiger partial charge in [0.1, 0.15) is 5.60 Å². The summed E-state index contributed by atoms with van der Waals surface area (Å²) in [4.78, 5) is 3.96. The Kier molecular flexibility index (Phi) is 4.04. The minimum atomic E-state index is -0.941. The third kappa shape index (κ3) is 3.09. The number of nitrogens with zero attached hydrogens (tertiary/aromatic N) is 1. The van der Waals surface area contributed by atoms with Gasteiger partial charge in [0.2, 0.25) is 0 Å². The molecule has 0 aliphatic rings. The van der Waals surface area contributed by atoms with Crippen molar-refractivity contribution < 1.29 is 9.84 Å². The number of aromatic nitrogens is 1. The molecule has 1 atom stereocenters. The summed E-state index contributed by atoms with van der Waals surface area (Å²) < 4.78 is 5.32. The van der Waals surface area contributed by atoms with Gasteiger partial charge >= 0.3 is 0 Å². The molecule has 0 fully saturated rings. The monoisotopic (exact) mass is 195 g/mol. The zero-order valence-electron chi connectivity index (χ0n) is 8.73. The maximum Gasteiger partial charge on any atom is 0.112 e. The Balaban J connectivity index is 2.56. The van der Waals surface area contributed by atoms with Crippen molar-refractivity contribution in [3.63, 3.8) is 0 Å². The third-order valence-electron chi connectivity index (χ3n) is 2.02. The van der Waals surface area contributed by atoms with E-state index in [9.17, 15) is 5.11 Å². The van der Waals surface area contributed by atoms with E-state index in [0.717, 1.165) is 12.0 Å². The van der Waals surface area contributed by atoms with Crippen LogP contribution in [0, 0.1) is 0 Å². The predicted molar refractivity (Wildman–Crippen MR) is 54.9 cm³/mol. The minimum absolute atomic E-state index is 0.312. The standard InChI is InChI=1S/C11H17NO2/c1-3-7-14-9-11(2,13)10-5-4-6-12-8-10/h4-6,8,13H,3,7,9H2,1-2H3. The van der Waals surface area contributed by atoms with Crippen LogP contribution in [0.3, 0.4) is 0 Å². The summed E-state index contributed by atoms with van der Waals surface area (Å²) in [5.41, 5.74) is -0.153. The van der Waals surface area contributed by atoms with Gasteiger partial charge < -0.3 is 9.84 Å². The van der Waals surface area contributed by atoms with Crippen LogP contribution in [0.15, 0.2) is 24.5 Å². The lowest BCUT2D eigenvalue weighted by Crippen LogP contribution is -2.28. The lowest BCUT2D eigenvalue weighted by Gasteiger charge is -2.22. The van der Waals surface area contributed by atoms with E-state index in [0.29, 0.717) is 13.2 Å². The highest BCUT2D eigenvalue weighted by molar-refractivity contribution is 5.16. The molecule has 0 aromatic carbocycles. The summed E-state index contributed by atoms with van der Waals surface area (Å²) in [6.07, 6.45) is 4.31. The van der Waals surface area contributed by atoms with Crippen LogP contribution in [0.25, 0.3) is 0 Å². The molecule has 1 aromatic rings. The summed E-state index contributed by atoms with van der Waals surface area (Å²) in [6, 6.07) is 3.66. The molecule has 0 saturated heterocycles. The largest absolute Gasteiger partial charge is 0.383 e. The van der Waals surface area contributed by atoms with Crippen molar-refractivity contribution in [1.29, 1.82) is 0 Å². The first-order chi connectivity index (χ1) is 6.67. The zero-order valence-corrected chi connectivity index (χ0v) is 8.73. The van der Waals surface area contributed by atoms with E-state index in [1.165, 1.54) is 0 Å². The molecule has 1 aromatic heterocycles. The molecular formula is C11H17NO2. The molecule has 1 heterocycles. The van der Waals surface area contributed by atoms with Crippen molar-refractivity contribution in [2.24, 2.45) is 0 Å². The Morgan fingerprint density at radius 2 is 2.36 bits per heavy atom. The van der Waals surface area contributed by atoms with Crippen LogP contribution in [0.1, 0.15) is 25.8 Å². The first-order valence-corrected chi connectivity index (χ1v) is 4.87.